The number of hydrogen-bond acceptors (Lipinski definition) is 7. The van der Waals surface area contributed by atoms with Gasteiger partial charge in [-0.3, -0.25) is 0 Å². The van der Waals surface area contributed by atoms with Gasteiger partial charge >= 0.3 is 0 Å². The van der Waals surface area contributed by atoms with Crippen LogP contribution in [0.5, 0.6) is 5.75 Å². The molecule has 0 aliphatic rings. The van der Waals surface area contributed by atoms with Gasteiger partial charge in [-0.05, 0) is 79.9 Å². The second-order valence-corrected chi connectivity index (χ2v) is 10.6. The number of ether oxygens (including phenoxy) is 1. The Hall–Kier alpha value is -3.69. The number of halogens is 1. The minimum atomic E-state index is -3.98. The van der Waals surface area contributed by atoms with Crippen LogP contribution in [0, 0.1) is 20.8 Å². The summed E-state index contributed by atoms with van der Waals surface area (Å²) in [7, 11) is -2.40. The highest BCUT2D eigenvalue weighted by atomic mass is 35.5. The molecule has 0 aliphatic carbocycles. The molecule has 178 valence electrons. The molecule has 2 heterocycles. The number of rotatable bonds is 5. The first kappa shape index (κ1) is 23.1. The Morgan fingerprint density at radius 3 is 2.51 bits per heavy atom. The van der Waals surface area contributed by atoms with Crippen molar-refractivity contribution in [3.8, 4) is 5.75 Å². The first-order valence-corrected chi connectivity index (χ1v) is 12.6. The summed E-state index contributed by atoms with van der Waals surface area (Å²) in [4.78, 5) is 4.81. The summed E-state index contributed by atoms with van der Waals surface area (Å²) in [5.74, 6) is 1.01. The zero-order valence-corrected chi connectivity index (χ0v) is 21.1. The summed E-state index contributed by atoms with van der Waals surface area (Å²) in [6.07, 6.45) is 0. The van der Waals surface area contributed by atoms with E-state index in [0.29, 0.717) is 33.2 Å². The molecule has 0 amide bonds. The van der Waals surface area contributed by atoms with Crippen molar-refractivity contribution in [1.29, 1.82) is 0 Å². The fourth-order valence-electron chi connectivity index (χ4n) is 3.88. The number of methoxy groups -OCH3 is 1. The van der Waals surface area contributed by atoms with Gasteiger partial charge in [0.1, 0.15) is 11.6 Å². The number of nitrogens with zero attached hydrogens (tertiary/aromatic N) is 4. The van der Waals surface area contributed by atoms with E-state index in [9.17, 15) is 8.42 Å². The van der Waals surface area contributed by atoms with E-state index in [1.54, 1.807) is 43.5 Å². The van der Waals surface area contributed by atoms with E-state index >= 15 is 0 Å². The molecular formula is C25H22ClN5O3S. The molecule has 0 saturated heterocycles. The normalized spacial score (nSPS) is 11.8. The lowest BCUT2D eigenvalue weighted by molar-refractivity contribution is 0.416. The topological polar surface area (TPSA) is 98.5 Å². The number of sulfone groups is 1. The van der Waals surface area contributed by atoms with Crippen LogP contribution in [0.15, 0.2) is 64.5 Å². The molecule has 0 aliphatic heterocycles. The average molecular weight is 508 g/mol. The fraction of sp³-hybridized carbons (Fsp3) is 0.160. The largest absolute Gasteiger partial charge is 0.495 e. The predicted octanol–water partition coefficient (Wildman–Crippen LogP) is 5.44. The molecular weight excluding hydrogens is 486 g/mol. The highest BCUT2D eigenvalue weighted by Gasteiger charge is 2.27. The van der Waals surface area contributed by atoms with Crippen LogP contribution < -0.4 is 10.1 Å². The lowest BCUT2D eigenvalue weighted by Crippen LogP contribution is -2.06. The van der Waals surface area contributed by atoms with Crippen LogP contribution in [0.1, 0.15) is 16.7 Å². The number of hydrogen-bond donors (Lipinski definition) is 1. The quantitative estimate of drug-likeness (QED) is 0.338. The van der Waals surface area contributed by atoms with Crippen molar-refractivity contribution in [2.24, 2.45) is 0 Å². The molecule has 1 N–H and O–H groups in total. The van der Waals surface area contributed by atoms with Gasteiger partial charge in [0.2, 0.25) is 14.9 Å². The van der Waals surface area contributed by atoms with E-state index in [-0.39, 0.29) is 15.6 Å². The van der Waals surface area contributed by atoms with Crippen molar-refractivity contribution in [2.75, 3.05) is 12.4 Å². The van der Waals surface area contributed by atoms with Crippen molar-refractivity contribution in [2.45, 2.75) is 30.7 Å². The van der Waals surface area contributed by atoms with Crippen molar-refractivity contribution >= 4 is 49.5 Å². The first-order valence-electron chi connectivity index (χ1n) is 10.8. The molecule has 5 aromatic rings. The maximum absolute atomic E-state index is 13.6. The molecule has 10 heteroatoms. The maximum atomic E-state index is 13.6. The summed E-state index contributed by atoms with van der Waals surface area (Å²) in [5, 5.41) is 12.4. The van der Waals surface area contributed by atoms with E-state index in [1.807, 2.05) is 39.0 Å². The Morgan fingerprint density at radius 2 is 1.77 bits per heavy atom. The van der Waals surface area contributed by atoms with E-state index in [2.05, 4.69) is 20.6 Å². The van der Waals surface area contributed by atoms with Gasteiger partial charge in [0.25, 0.3) is 0 Å². The van der Waals surface area contributed by atoms with Crippen LogP contribution in [0.3, 0.4) is 0 Å². The van der Waals surface area contributed by atoms with E-state index in [1.165, 1.54) is 4.52 Å². The Balaban J connectivity index is 1.76. The zero-order valence-electron chi connectivity index (χ0n) is 19.5. The van der Waals surface area contributed by atoms with Crippen molar-refractivity contribution < 1.29 is 13.2 Å². The minimum absolute atomic E-state index is 0.104. The van der Waals surface area contributed by atoms with Crippen LogP contribution in [0.25, 0.3) is 16.6 Å². The highest BCUT2D eigenvalue weighted by Crippen LogP contribution is 2.34. The smallest absolute Gasteiger partial charge is 0.229 e. The number of anilines is 2. The van der Waals surface area contributed by atoms with Crippen molar-refractivity contribution in [3.05, 3.63) is 76.3 Å². The summed E-state index contributed by atoms with van der Waals surface area (Å²) >= 11 is 6.29. The lowest BCUT2D eigenvalue weighted by atomic mass is 10.1. The van der Waals surface area contributed by atoms with Crippen LogP contribution >= 0.6 is 11.6 Å². The van der Waals surface area contributed by atoms with Gasteiger partial charge in [0.15, 0.2) is 5.65 Å². The highest BCUT2D eigenvalue weighted by molar-refractivity contribution is 7.91. The Labute approximate surface area is 207 Å². The van der Waals surface area contributed by atoms with Gasteiger partial charge in [-0.15, -0.1) is 5.10 Å². The molecule has 5 rings (SSSR count). The minimum Gasteiger partial charge on any atom is -0.495 e. The fourth-order valence-corrected chi connectivity index (χ4v) is 5.37. The Kier molecular flexibility index (Phi) is 5.61. The molecule has 0 bridgehead atoms. The number of fused-ring (bicyclic) bond motifs is 3. The molecule has 0 atom stereocenters. The number of aromatic nitrogens is 4. The third-order valence-corrected chi connectivity index (χ3v) is 7.81. The van der Waals surface area contributed by atoms with E-state index in [0.717, 1.165) is 16.7 Å². The standard InChI is InChI=1S/C25H22ClN5O3S/c1-14-5-10-22(34-4)20(11-14)27-23-19-13-17(26)7-9-21(19)31-24(28-23)25(29-30-31)35(32,33)18-8-6-15(2)16(3)12-18/h5-13H,1-4H3,(H,27,28). The molecule has 8 nitrogen and oxygen atoms in total. The molecule has 35 heavy (non-hydrogen) atoms. The van der Waals surface area contributed by atoms with Crippen LogP contribution in [0.2, 0.25) is 5.02 Å². The maximum Gasteiger partial charge on any atom is 0.229 e. The van der Waals surface area contributed by atoms with Gasteiger partial charge in [0, 0.05) is 10.4 Å². The summed E-state index contributed by atoms with van der Waals surface area (Å²) in [6, 6.07) is 15.9. The average Bonchev–Trinajstić information content (AvgIpc) is 3.26. The van der Waals surface area contributed by atoms with Gasteiger partial charge in [-0.2, -0.15) is 4.52 Å². The van der Waals surface area contributed by atoms with Crippen molar-refractivity contribution in [1.82, 2.24) is 19.8 Å². The number of aryl methyl sites for hydroxylation is 3. The van der Waals surface area contributed by atoms with Gasteiger partial charge in [-0.25, -0.2) is 13.4 Å². The summed E-state index contributed by atoms with van der Waals surface area (Å²) in [6.45, 7) is 5.76. The monoisotopic (exact) mass is 507 g/mol. The second kappa shape index (κ2) is 8.51. The molecule has 0 spiro atoms. The molecule has 0 radical (unpaired) electrons. The molecule has 0 fully saturated rings. The lowest BCUT2D eigenvalue weighted by Gasteiger charge is -2.14. The zero-order chi connectivity index (χ0) is 24.9. The summed E-state index contributed by atoms with van der Waals surface area (Å²) in [5.41, 5.74) is 4.26. The Morgan fingerprint density at radius 1 is 0.971 bits per heavy atom. The van der Waals surface area contributed by atoms with Gasteiger partial charge in [0.05, 0.1) is 23.2 Å². The first-order chi connectivity index (χ1) is 16.7. The second-order valence-electron chi connectivity index (χ2n) is 8.33. The number of nitrogens with one attached hydrogen (secondary N) is 1. The van der Waals surface area contributed by atoms with Crippen molar-refractivity contribution in [3.63, 3.8) is 0 Å². The molecule has 0 saturated carbocycles. The SMILES string of the molecule is COc1ccc(C)cc1Nc1nc2c(S(=O)(=O)c3ccc(C)c(C)c3)nnn2c2ccc(Cl)cc12. The molecule has 0 unspecified atom stereocenters. The van der Waals surface area contributed by atoms with Gasteiger partial charge < -0.3 is 10.1 Å². The number of benzene rings is 3. The predicted molar refractivity (Wildman–Crippen MR) is 136 cm³/mol. The van der Waals surface area contributed by atoms with Crippen LogP contribution in [-0.2, 0) is 9.84 Å². The molecule has 3 aromatic carbocycles. The molecule has 2 aromatic heterocycles. The third-order valence-electron chi connectivity index (χ3n) is 5.93. The van der Waals surface area contributed by atoms with Gasteiger partial charge in [-0.1, -0.05) is 28.9 Å². The third kappa shape index (κ3) is 3.96. The van der Waals surface area contributed by atoms with E-state index < -0.39 is 9.84 Å². The van der Waals surface area contributed by atoms with Crippen LogP contribution in [-0.4, -0.2) is 35.3 Å². The Bertz CT molecular complexity index is 1730. The summed E-state index contributed by atoms with van der Waals surface area (Å²) < 4.78 is 34.0. The van der Waals surface area contributed by atoms with E-state index in [4.69, 9.17) is 16.3 Å². The van der Waals surface area contributed by atoms with Crippen LogP contribution in [0.4, 0.5) is 11.5 Å².